The lowest BCUT2D eigenvalue weighted by Gasteiger charge is -2.16. The molecule has 0 unspecified atom stereocenters. The molecule has 3 rings (SSSR count). The van der Waals surface area contributed by atoms with E-state index in [0.717, 1.165) is 10.2 Å². The Balaban J connectivity index is 1.89. The summed E-state index contributed by atoms with van der Waals surface area (Å²) in [6.07, 6.45) is -2.97. The molecule has 1 atom stereocenters. The van der Waals surface area contributed by atoms with E-state index in [1.807, 2.05) is 19.9 Å². The molecule has 7 nitrogen and oxygen atoms in total. The van der Waals surface area contributed by atoms with Gasteiger partial charge in [0.25, 0.3) is 12.3 Å². The third-order valence-corrected chi connectivity index (χ3v) is 5.37. The minimum absolute atomic E-state index is 0.0815. The van der Waals surface area contributed by atoms with Gasteiger partial charge in [0.2, 0.25) is 5.88 Å². The van der Waals surface area contributed by atoms with Crippen molar-refractivity contribution in [2.45, 2.75) is 39.2 Å². The lowest BCUT2D eigenvalue weighted by atomic mass is 10.0. The van der Waals surface area contributed by atoms with Crippen molar-refractivity contribution in [2.24, 2.45) is 7.05 Å². The molecule has 0 saturated heterocycles. The first-order chi connectivity index (χ1) is 16.1. The number of alkyl halides is 2. The van der Waals surface area contributed by atoms with Crippen LogP contribution in [0, 0.1) is 0 Å². The summed E-state index contributed by atoms with van der Waals surface area (Å²) in [7, 11) is 2.73. The Bertz CT molecular complexity index is 1170. The van der Waals surface area contributed by atoms with Crippen molar-refractivity contribution >= 4 is 11.9 Å². The van der Waals surface area contributed by atoms with Crippen LogP contribution >= 0.6 is 0 Å². The number of nitrogens with one attached hydrogen (secondary N) is 1. The predicted octanol–water partition coefficient (Wildman–Crippen LogP) is 5.55. The molecule has 0 aliphatic carbocycles. The van der Waals surface area contributed by atoms with Crippen molar-refractivity contribution in [2.75, 3.05) is 7.11 Å². The number of aromatic nitrogens is 2. The van der Waals surface area contributed by atoms with Crippen molar-refractivity contribution in [1.82, 2.24) is 15.1 Å². The third kappa shape index (κ3) is 5.41. The zero-order valence-electron chi connectivity index (χ0n) is 19.6. The van der Waals surface area contributed by atoms with Crippen molar-refractivity contribution in [3.63, 3.8) is 0 Å². The normalized spacial score (nSPS) is 12.0. The summed E-state index contributed by atoms with van der Waals surface area (Å²) in [6.45, 7) is 5.75. The summed E-state index contributed by atoms with van der Waals surface area (Å²) < 4.78 is 39.2. The van der Waals surface area contributed by atoms with Gasteiger partial charge in [0.05, 0.1) is 18.7 Å². The number of carbonyl (C=O) groups excluding carboxylic acids is 2. The van der Waals surface area contributed by atoms with Gasteiger partial charge in [0, 0.05) is 7.05 Å². The van der Waals surface area contributed by atoms with Gasteiger partial charge in [-0.25, -0.2) is 18.3 Å². The van der Waals surface area contributed by atoms with Crippen LogP contribution < -0.4 is 10.1 Å². The molecule has 0 aliphatic heterocycles. The average Bonchev–Trinajstić information content (AvgIpc) is 3.15. The number of hydrogen-bond donors (Lipinski definition) is 1. The van der Waals surface area contributed by atoms with Gasteiger partial charge < -0.3 is 14.8 Å². The van der Waals surface area contributed by atoms with Crippen LogP contribution in [-0.4, -0.2) is 28.8 Å². The summed E-state index contributed by atoms with van der Waals surface area (Å²) in [5, 5.41) is 6.55. The molecule has 1 aromatic heterocycles. The molecule has 0 bridgehead atoms. The Morgan fingerprint density at radius 1 is 1.03 bits per heavy atom. The number of ether oxygens (including phenoxy) is 2. The second-order valence-electron chi connectivity index (χ2n) is 8.13. The van der Waals surface area contributed by atoms with Crippen LogP contribution in [0.3, 0.4) is 0 Å². The minimum atomic E-state index is -2.97. The Labute approximate surface area is 196 Å². The van der Waals surface area contributed by atoms with E-state index in [1.165, 1.54) is 14.2 Å². The van der Waals surface area contributed by atoms with Gasteiger partial charge in [0.1, 0.15) is 17.0 Å². The second kappa shape index (κ2) is 10.5. The molecule has 34 heavy (non-hydrogen) atoms. The summed E-state index contributed by atoms with van der Waals surface area (Å²) in [6, 6.07) is 13.1. The molecular formula is C25H27F2N3O4. The largest absolute Gasteiger partial charge is 0.465 e. The quantitative estimate of drug-likeness (QED) is 0.436. The smallest absolute Gasteiger partial charge is 0.337 e. The number of esters is 1. The van der Waals surface area contributed by atoms with Gasteiger partial charge in [-0.05, 0) is 48.2 Å². The first-order valence-electron chi connectivity index (χ1n) is 10.7. The van der Waals surface area contributed by atoms with E-state index in [4.69, 9.17) is 4.74 Å². The number of rotatable bonds is 8. The Kier molecular flexibility index (Phi) is 7.65. The fourth-order valence-electron chi connectivity index (χ4n) is 3.44. The number of aryl methyl sites for hydroxylation is 1. The average molecular weight is 472 g/mol. The minimum Gasteiger partial charge on any atom is -0.465 e. The highest BCUT2D eigenvalue weighted by Gasteiger charge is 2.30. The van der Waals surface area contributed by atoms with Crippen LogP contribution in [0.25, 0.3) is 0 Å². The standard InChI is InChI=1S/C25H27F2N3O4/c1-14(2)18-7-6-8-19(13-18)34-24-20(21(22(26)27)29-30(24)4)23(31)28-15(3)16-9-11-17(12-10-16)25(32)33-5/h6-15,22H,1-5H3,(H,28,31)/t15-/m0/s1. The fraction of sp³-hybridized carbons (Fsp3) is 0.320. The van der Waals surface area contributed by atoms with Crippen molar-refractivity contribution in [1.29, 1.82) is 0 Å². The van der Waals surface area contributed by atoms with Gasteiger partial charge in [-0.1, -0.05) is 38.1 Å². The van der Waals surface area contributed by atoms with Gasteiger partial charge in [0.15, 0.2) is 0 Å². The summed E-state index contributed by atoms with van der Waals surface area (Å²) in [5.41, 5.74) is 1.05. The van der Waals surface area contributed by atoms with E-state index in [0.29, 0.717) is 16.9 Å². The molecule has 3 aromatic rings. The van der Waals surface area contributed by atoms with E-state index in [-0.39, 0.29) is 17.4 Å². The zero-order chi connectivity index (χ0) is 25.0. The molecule has 0 spiro atoms. The van der Waals surface area contributed by atoms with Gasteiger partial charge >= 0.3 is 5.97 Å². The van der Waals surface area contributed by atoms with Crippen molar-refractivity contribution in [3.05, 3.63) is 76.5 Å². The molecule has 1 heterocycles. The molecule has 1 N–H and O–H groups in total. The van der Waals surface area contributed by atoms with E-state index in [9.17, 15) is 18.4 Å². The van der Waals surface area contributed by atoms with E-state index < -0.39 is 30.0 Å². The van der Waals surface area contributed by atoms with Crippen molar-refractivity contribution in [3.8, 4) is 11.6 Å². The Hall–Kier alpha value is -3.75. The third-order valence-electron chi connectivity index (χ3n) is 5.37. The van der Waals surface area contributed by atoms with Gasteiger partial charge in [-0.3, -0.25) is 4.79 Å². The highest BCUT2D eigenvalue weighted by atomic mass is 19.3. The van der Waals surface area contributed by atoms with Crippen LogP contribution in [-0.2, 0) is 11.8 Å². The molecule has 0 fully saturated rings. The maximum Gasteiger partial charge on any atom is 0.337 e. The van der Waals surface area contributed by atoms with Crippen LogP contribution in [0.2, 0.25) is 0 Å². The lowest BCUT2D eigenvalue weighted by molar-refractivity contribution is 0.0600. The second-order valence-corrected chi connectivity index (χ2v) is 8.13. The maximum atomic E-state index is 13.7. The highest BCUT2D eigenvalue weighted by Crippen LogP contribution is 2.33. The molecule has 0 radical (unpaired) electrons. The number of methoxy groups -OCH3 is 1. The van der Waals surface area contributed by atoms with Crippen LogP contribution in [0.5, 0.6) is 11.6 Å². The zero-order valence-corrected chi connectivity index (χ0v) is 19.6. The van der Waals surface area contributed by atoms with Crippen molar-refractivity contribution < 1.29 is 27.8 Å². The number of nitrogens with zero attached hydrogens (tertiary/aromatic N) is 2. The molecule has 0 saturated carbocycles. The molecule has 1 amide bonds. The number of carbonyl (C=O) groups is 2. The molecule has 180 valence electrons. The van der Waals surface area contributed by atoms with Crippen LogP contribution in [0.1, 0.15) is 76.7 Å². The van der Waals surface area contributed by atoms with E-state index in [1.54, 1.807) is 49.4 Å². The molecular weight excluding hydrogens is 444 g/mol. The van der Waals surface area contributed by atoms with Crippen LogP contribution in [0.4, 0.5) is 8.78 Å². The highest BCUT2D eigenvalue weighted by molar-refractivity contribution is 5.98. The number of halogens is 2. The Morgan fingerprint density at radius 2 is 1.71 bits per heavy atom. The van der Waals surface area contributed by atoms with E-state index >= 15 is 0 Å². The molecule has 2 aromatic carbocycles. The first kappa shape index (κ1) is 24.9. The van der Waals surface area contributed by atoms with Crippen LogP contribution in [0.15, 0.2) is 48.5 Å². The summed E-state index contributed by atoms with van der Waals surface area (Å²) in [5.74, 6) is -0.662. The fourth-order valence-corrected chi connectivity index (χ4v) is 3.44. The van der Waals surface area contributed by atoms with Gasteiger partial charge in [-0.2, -0.15) is 5.10 Å². The Morgan fingerprint density at radius 3 is 2.29 bits per heavy atom. The topological polar surface area (TPSA) is 82.5 Å². The predicted molar refractivity (Wildman–Crippen MR) is 122 cm³/mol. The van der Waals surface area contributed by atoms with E-state index in [2.05, 4.69) is 15.2 Å². The number of hydrogen-bond acceptors (Lipinski definition) is 5. The van der Waals surface area contributed by atoms with Gasteiger partial charge in [-0.15, -0.1) is 0 Å². The summed E-state index contributed by atoms with van der Waals surface area (Å²) >= 11 is 0. The number of benzene rings is 2. The molecule has 9 heteroatoms. The maximum absolute atomic E-state index is 13.7. The number of amides is 1. The lowest BCUT2D eigenvalue weighted by Crippen LogP contribution is -2.27. The summed E-state index contributed by atoms with van der Waals surface area (Å²) in [4.78, 5) is 24.7. The SMILES string of the molecule is COC(=O)c1ccc([C@H](C)NC(=O)c2c(C(F)F)nn(C)c2Oc2cccc(C(C)C)c2)cc1. The monoisotopic (exact) mass is 471 g/mol. The first-order valence-corrected chi connectivity index (χ1v) is 10.7. The molecule has 0 aliphatic rings.